The molecule has 0 unspecified atom stereocenters. The van der Waals surface area contributed by atoms with Crippen molar-refractivity contribution in [2.45, 2.75) is 26.1 Å². The number of carbonyl (C=O) groups is 1. The first-order valence-corrected chi connectivity index (χ1v) is 12.4. The Labute approximate surface area is 190 Å². The van der Waals surface area contributed by atoms with Crippen LogP contribution >= 0.6 is 0 Å². The van der Waals surface area contributed by atoms with Crippen molar-refractivity contribution in [1.29, 1.82) is 0 Å². The van der Waals surface area contributed by atoms with Gasteiger partial charge in [0.2, 0.25) is 15.9 Å². The number of anilines is 1. The van der Waals surface area contributed by atoms with Gasteiger partial charge in [-0.25, -0.2) is 8.42 Å². The molecule has 3 rings (SSSR count). The van der Waals surface area contributed by atoms with Crippen molar-refractivity contribution in [3.05, 3.63) is 59.7 Å². The number of hydrogen-bond acceptors (Lipinski definition) is 6. The number of nitrogens with zero attached hydrogens (tertiary/aromatic N) is 2. The van der Waals surface area contributed by atoms with E-state index in [2.05, 4.69) is 22.3 Å². The van der Waals surface area contributed by atoms with Gasteiger partial charge in [0.1, 0.15) is 11.8 Å². The molecule has 32 heavy (non-hydrogen) atoms. The van der Waals surface area contributed by atoms with Gasteiger partial charge >= 0.3 is 0 Å². The molecule has 0 spiro atoms. The van der Waals surface area contributed by atoms with Gasteiger partial charge in [-0.15, -0.1) is 0 Å². The standard InChI is InChI=1S/C23H31N3O5S/c1-18(26(32(3,28)29)21-8-10-22(30-2)11-9-21)23(27)24-16-19-4-6-20(7-5-19)17-25-12-14-31-15-13-25/h4-11,18H,12-17H2,1-3H3,(H,24,27)/t18-/m0/s1. The van der Waals surface area contributed by atoms with Crippen molar-refractivity contribution in [2.75, 3.05) is 44.0 Å². The molecule has 0 radical (unpaired) electrons. The third kappa shape index (κ3) is 6.44. The molecule has 1 aliphatic rings. The summed E-state index contributed by atoms with van der Waals surface area (Å²) in [4.78, 5) is 15.1. The fraction of sp³-hybridized carbons (Fsp3) is 0.435. The molecule has 1 fully saturated rings. The Kier molecular flexibility index (Phi) is 8.11. The van der Waals surface area contributed by atoms with Gasteiger partial charge < -0.3 is 14.8 Å². The van der Waals surface area contributed by atoms with E-state index in [0.717, 1.165) is 49.0 Å². The number of methoxy groups -OCH3 is 1. The number of amides is 1. The van der Waals surface area contributed by atoms with Crippen LogP contribution in [0.15, 0.2) is 48.5 Å². The number of nitrogens with one attached hydrogen (secondary N) is 1. The van der Waals surface area contributed by atoms with Gasteiger partial charge in [-0.3, -0.25) is 14.0 Å². The fourth-order valence-electron chi connectivity index (χ4n) is 3.65. The molecule has 8 nitrogen and oxygen atoms in total. The average Bonchev–Trinajstić information content (AvgIpc) is 2.78. The second-order valence-electron chi connectivity index (χ2n) is 7.86. The number of morpholine rings is 1. The number of hydrogen-bond donors (Lipinski definition) is 1. The van der Waals surface area contributed by atoms with Gasteiger partial charge in [0, 0.05) is 26.2 Å². The van der Waals surface area contributed by atoms with Gasteiger partial charge in [0.25, 0.3) is 0 Å². The van der Waals surface area contributed by atoms with Crippen LogP contribution in [0.5, 0.6) is 5.75 Å². The maximum Gasteiger partial charge on any atom is 0.243 e. The lowest BCUT2D eigenvalue weighted by Crippen LogP contribution is -2.47. The van der Waals surface area contributed by atoms with Crippen molar-refractivity contribution in [3.8, 4) is 5.75 Å². The topological polar surface area (TPSA) is 88.2 Å². The summed E-state index contributed by atoms with van der Waals surface area (Å²) in [5.41, 5.74) is 2.56. The van der Waals surface area contributed by atoms with Crippen LogP contribution in [-0.2, 0) is 32.6 Å². The molecule has 0 aromatic heterocycles. The first-order chi connectivity index (χ1) is 15.3. The summed E-state index contributed by atoms with van der Waals surface area (Å²) in [6.07, 6.45) is 1.09. The highest BCUT2D eigenvalue weighted by atomic mass is 32.2. The number of ether oxygens (including phenoxy) is 2. The Morgan fingerprint density at radius 3 is 2.25 bits per heavy atom. The number of sulfonamides is 1. The molecule has 2 aromatic carbocycles. The molecule has 1 saturated heterocycles. The van der Waals surface area contributed by atoms with Crippen molar-refractivity contribution < 1.29 is 22.7 Å². The van der Waals surface area contributed by atoms with Crippen LogP contribution in [0.4, 0.5) is 5.69 Å². The van der Waals surface area contributed by atoms with Crippen molar-refractivity contribution in [2.24, 2.45) is 0 Å². The normalized spacial score (nSPS) is 15.7. The van der Waals surface area contributed by atoms with E-state index in [-0.39, 0.29) is 5.91 Å². The number of benzene rings is 2. The zero-order chi connectivity index (χ0) is 23.1. The monoisotopic (exact) mass is 461 g/mol. The van der Waals surface area contributed by atoms with Gasteiger partial charge in [0.05, 0.1) is 32.3 Å². The van der Waals surface area contributed by atoms with Gasteiger partial charge in [-0.2, -0.15) is 0 Å². The van der Waals surface area contributed by atoms with Gasteiger partial charge in [0.15, 0.2) is 0 Å². The predicted octanol–water partition coefficient (Wildman–Crippen LogP) is 2.00. The molecule has 0 aliphatic carbocycles. The highest BCUT2D eigenvalue weighted by molar-refractivity contribution is 7.92. The lowest BCUT2D eigenvalue weighted by molar-refractivity contribution is -0.122. The van der Waals surface area contributed by atoms with E-state index in [1.165, 1.54) is 12.7 Å². The summed E-state index contributed by atoms with van der Waals surface area (Å²) in [5, 5.41) is 2.85. The quantitative estimate of drug-likeness (QED) is 0.615. The van der Waals surface area contributed by atoms with E-state index in [9.17, 15) is 13.2 Å². The fourth-order valence-corrected chi connectivity index (χ4v) is 4.83. The van der Waals surface area contributed by atoms with Crippen LogP contribution in [0.3, 0.4) is 0 Å². The molecule has 1 aliphatic heterocycles. The van der Waals surface area contributed by atoms with E-state index in [1.54, 1.807) is 31.2 Å². The third-order valence-corrected chi connectivity index (χ3v) is 6.66. The maximum absolute atomic E-state index is 12.8. The Hall–Kier alpha value is -2.62. The summed E-state index contributed by atoms with van der Waals surface area (Å²) in [6, 6.07) is 13.7. The molecule has 9 heteroatoms. The third-order valence-electron chi connectivity index (χ3n) is 5.42. The Morgan fingerprint density at radius 2 is 1.69 bits per heavy atom. The predicted molar refractivity (Wildman–Crippen MR) is 124 cm³/mol. The largest absolute Gasteiger partial charge is 0.497 e. The van der Waals surface area contributed by atoms with Gasteiger partial charge in [-0.1, -0.05) is 24.3 Å². The summed E-state index contributed by atoms with van der Waals surface area (Å²) in [7, 11) is -2.13. The van der Waals surface area contributed by atoms with Crippen LogP contribution in [0.1, 0.15) is 18.1 Å². The van der Waals surface area contributed by atoms with Crippen LogP contribution in [-0.4, -0.2) is 64.9 Å². The minimum atomic E-state index is -3.67. The smallest absolute Gasteiger partial charge is 0.243 e. The molecule has 174 valence electrons. The highest BCUT2D eigenvalue weighted by Crippen LogP contribution is 2.24. The summed E-state index contributed by atoms with van der Waals surface area (Å²) in [5.74, 6) is 0.236. The maximum atomic E-state index is 12.8. The van der Waals surface area contributed by atoms with E-state index in [4.69, 9.17) is 9.47 Å². The van der Waals surface area contributed by atoms with Crippen LogP contribution in [0.2, 0.25) is 0 Å². The Morgan fingerprint density at radius 1 is 1.09 bits per heavy atom. The SMILES string of the molecule is COc1ccc(N([C@@H](C)C(=O)NCc2ccc(CN3CCOCC3)cc2)S(C)(=O)=O)cc1. The summed E-state index contributed by atoms with van der Waals surface area (Å²) in [6.45, 7) is 6.17. The molecule has 2 aromatic rings. The van der Waals surface area contributed by atoms with E-state index >= 15 is 0 Å². The number of carbonyl (C=O) groups excluding carboxylic acids is 1. The zero-order valence-corrected chi connectivity index (χ0v) is 19.6. The highest BCUT2D eigenvalue weighted by Gasteiger charge is 2.29. The first kappa shape index (κ1) is 24.0. The van der Waals surface area contributed by atoms with Crippen molar-refractivity contribution in [1.82, 2.24) is 10.2 Å². The second kappa shape index (κ2) is 10.8. The Bertz CT molecular complexity index is 987. The number of rotatable bonds is 9. The van der Waals surface area contributed by atoms with E-state index in [1.807, 2.05) is 12.1 Å². The van der Waals surface area contributed by atoms with Gasteiger partial charge in [-0.05, 0) is 42.3 Å². The van der Waals surface area contributed by atoms with E-state index < -0.39 is 16.1 Å². The molecular formula is C23H31N3O5S. The molecule has 0 saturated carbocycles. The van der Waals surface area contributed by atoms with Crippen molar-refractivity contribution in [3.63, 3.8) is 0 Å². The minimum absolute atomic E-state index is 0.321. The van der Waals surface area contributed by atoms with Crippen molar-refractivity contribution >= 4 is 21.6 Å². The van der Waals surface area contributed by atoms with E-state index in [0.29, 0.717) is 18.0 Å². The van der Waals surface area contributed by atoms with Crippen LogP contribution < -0.4 is 14.4 Å². The summed E-state index contributed by atoms with van der Waals surface area (Å²) < 4.78 is 36.4. The second-order valence-corrected chi connectivity index (χ2v) is 9.72. The lowest BCUT2D eigenvalue weighted by atomic mass is 10.1. The Balaban J connectivity index is 1.60. The molecule has 1 atom stereocenters. The zero-order valence-electron chi connectivity index (χ0n) is 18.8. The molecule has 1 N–H and O–H groups in total. The first-order valence-electron chi connectivity index (χ1n) is 10.6. The van der Waals surface area contributed by atoms with Crippen LogP contribution in [0.25, 0.3) is 0 Å². The lowest BCUT2D eigenvalue weighted by Gasteiger charge is -2.28. The summed E-state index contributed by atoms with van der Waals surface area (Å²) >= 11 is 0. The molecular weight excluding hydrogens is 430 g/mol. The van der Waals surface area contributed by atoms with Crippen LogP contribution in [0, 0.1) is 0 Å². The molecule has 0 bridgehead atoms. The average molecular weight is 462 g/mol. The molecule has 1 amide bonds. The minimum Gasteiger partial charge on any atom is -0.497 e. The molecule has 1 heterocycles.